The molecule has 0 aliphatic rings. The van der Waals surface area contributed by atoms with Crippen molar-refractivity contribution in [2.75, 3.05) is 39.6 Å². The summed E-state index contributed by atoms with van der Waals surface area (Å²) < 4.78 is 16.2. The third kappa shape index (κ3) is 7.63. The van der Waals surface area contributed by atoms with E-state index < -0.39 is 13.3 Å². The minimum Gasteiger partial charge on any atom is -0.799 e. The lowest BCUT2D eigenvalue weighted by Crippen LogP contribution is -3.06. The lowest BCUT2D eigenvalue weighted by atomic mass is 10.4. The van der Waals surface area contributed by atoms with E-state index in [9.17, 15) is 14.3 Å². The Kier molecular flexibility index (Phi) is 6.56. The van der Waals surface area contributed by atoms with Gasteiger partial charge in [-0.2, -0.15) is 0 Å². The zero-order valence-electron chi connectivity index (χ0n) is 10.1. The monoisotopic (exact) mass is 249 g/mol. The van der Waals surface area contributed by atoms with Crippen LogP contribution in [0.2, 0.25) is 0 Å². The first-order chi connectivity index (χ1) is 7.24. The number of carbonyl (C=O) groups is 1. The van der Waals surface area contributed by atoms with Gasteiger partial charge < -0.3 is 19.1 Å². The summed E-state index contributed by atoms with van der Waals surface area (Å²) in [6.07, 6.45) is 0.0409. The molecule has 1 N–H and O–H groups in total. The van der Waals surface area contributed by atoms with E-state index in [0.29, 0.717) is 6.54 Å². The third-order valence-electron chi connectivity index (χ3n) is 1.97. The van der Waals surface area contributed by atoms with Crippen molar-refractivity contribution < 1.29 is 23.9 Å². The molecule has 0 aliphatic carbocycles. The number of hydrogen-bond donors (Lipinski definition) is 1. The first kappa shape index (κ1) is 15.4. The number of rotatable bonds is 7. The zero-order valence-corrected chi connectivity index (χ0v) is 11.0. The van der Waals surface area contributed by atoms with E-state index in [4.69, 9.17) is 4.74 Å². The molecule has 0 aromatic rings. The van der Waals surface area contributed by atoms with Gasteiger partial charge in [0.2, 0.25) is 0 Å². The lowest BCUT2D eigenvalue weighted by Gasteiger charge is -2.23. The van der Waals surface area contributed by atoms with E-state index in [0.717, 1.165) is 4.90 Å². The quantitative estimate of drug-likeness (QED) is 0.353. The summed E-state index contributed by atoms with van der Waals surface area (Å²) in [5, 5.41) is 0. The first-order valence-corrected chi connectivity index (χ1v) is 7.15. The average molecular weight is 249 g/mol. The van der Waals surface area contributed by atoms with Crippen LogP contribution in [0.1, 0.15) is 6.92 Å². The molecular formula is C10H20NO4P. The molecule has 5 nitrogen and oxygen atoms in total. The smallest absolute Gasteiger partial charge is 0.333 e. The van der Waals surface area contributed by atoms with Crippen LogP contribution in [0.4, 0.5) is 0 Å². The molecule has 0 bridgehead atoms. The molecule has 0 heterocycles. The Labute approximate surface area is 96.5 Å². The minimum absolute atomic E-state index is 0.0881. The molecule has 0 rings (SSSR count). The number of ether oxygens (including phenoxy) is 1. The molecule has 0 aromatic carbocycles. The summed E-state index contributed by atoms with van der Waals surface area (Å²) in [7, 11) is 0.369. The second kappa shape index (κ2) is 6.84. The van der Waals surface area contributed by atoms with Gasteiger partial charge in [-0.3, -0.25) is 0 Å². The summed E-state index contributed by atoms with van der Waals surface area (Å²) in [5.74, 6) is -0.543. The fourth-order valence-electron chi connectivity index (χ4n) is 0.906. The first-order valence-electron chi connectivity index (χ1n) is 5.15. The molecule has 94 valence electrons. The van der Waals surface area contributed by atoms with E-state index in [2.05, 4.69) is 6.58 Å². The molecule has 0 fully saturated rings. The van der Waals surface area contributed by atoms with Gasteiger partial charge in [0, 0.05) is 25.3 Å². The number of esters is 1. The molecule has 0 saturated carbocycles. The van der Waals surface area contributed by atoms with Gasteiger partial charge in [-0.1, -0.05) is 6.58 Å². The second-order valence-corrected chi connectivity index (χ2v) is 6.66. The highest BCUT2D eigenvalue weighted by molar-refractivity contribution is 7.56. The second-order valence-electron chi connectivity index (χ2n) is 4.14. The Bertz CT molecular complexity index is 301. The molecular weight excluding hydrogens is 229 g/mol. The third-order valence-corrected chi connectivity index (χ3v) is 3.74. The Hall–Kier alpha value is -0.640. The van der Waals surface area contributed by atoms with E-state index in [1.54, 1.807) is 0 Å². The van der Waals surface area contributed by atoms with E-state index >= 15 is 0 Å². The van der Waals surface area contributed by atoms with Gasteiger partial charge in [0.25, 0.3) is 0 Å². The van der Waals surface area contributed by atoms with Crippen molar-refractivity contribution in [3.05, 3.63) is 12.2 Å². The highest BCUT2D eigenvalue weighted by atomic mass is 31.2. The lowest BCUT2D eigenvalue weighted by molar-refractivity contribution is -0.855. The number of hydrogen-bond acceptors (Lipinski definition) is 4. The topological polar surface area (TPSA) is 70.9 Å². The summed E-state index contributed by atoms with van der Waals surface area (Å²) in [6.45, 7) is 5.40. The molecule has 6 heteroatoms. The molecule has 0 radical (unpaired) electrons. The van der Waals surface area contributed by atoms with Crippen LogP contribution >= 0.6 is 7.37 Å². The molecule has 16 heavy (non-hydrogen) atoms. The molecule has 0 spiro atoms. The maximum atomic E-state index is 11.5. The van der Waals surface area contributed by atoms with Crippen molar-refractivity contribution in [3.63, 3.8) is 0 Å². The SMILES string of the molecule is C=C(C)C(=O)OCCP(=O)([O-])CC[NH+](C)C. The van der Waals surface area contributed by atoms with Crippen molar-refractivity contribution in [3.8, 4) is 0 Å². The van der Waals surface area contributed by atoms with Crippen molar-refractivity contribution in [1.29, 1.82) is 0 Å². The minimum atomic E-state index is -3.41. The molecule has 0 aliphatic heterocycles. The largest absolute Gasteiger partial charge is 0.799 e. The van der Waals surface area contributed by atoms with E-state index in [1.165, 1.54) is 6.92 Å². The number of quaternary nitrogens is 1. The summed E-state index contributed by atoms with van der Waals surface area (Å²) >= 11 is 0. The van der Waals surface area contributed by atoms with Crippen LogP contribution in [0.25, 0.3) is 0 Å². The Morgan fingerprint density at radius 1 is 1.44 bits per heavy atom. The maximum Gasteiger partial charge on any atom is 0.333 e. The van der Waals surface area contributed by atoms with Crippen molar-refractivity contribution in [1.82, 2.24) is 0 Å². The van der Waals surface area contributed by atoms with E-state index in [-0.39, 0.29) is 24.5 Å². The van der Waals surface area contributed by atoms with Gasteiger partial charge in [0.1, 0.15) is 0 Å². The fraction of sp³-hybridized carbons (Fsp3) is 0.700. The average Bonchev–Trinajstić information content (AvgIpc) is 2.14. The van der Waals surface area contributed by atoms with Crippen LogP contribution in [0.5, 0.6) is 0 Å². The van der Waals surface area contributed by atoms with Crippen molar-refractivity contribution in [2.24, 2.45) is 0 Å². The number of carbonyl (C=O) groups excluding carboxylic acids is 1. The predicted molar refractivity (Wildman–Crippen MR) is 60.8 cm³/mol. The zero-order chi connectivity index (χ0) is 12.8. The van der Waals surface area contributed by atoms with Crippen LogP contribution in [0.15, 0.2) is 12.2 Å². The summed E-state index contributed by atoms with van der Waals surface area (Å²) in [6, 6.07) is 0. The van der Waals surface area contributed by atoms with Gasteiger partial charge in [0.05, 0.1) is 27.2 Å². The standard InChI is InChI=1S/C10H20NO4P/c1-9(2)10(12)15-6-8-16(13,14)7-5-11(3)4/h1,5-8H2,2-4H3,(H,13,14). The Morgan fingerprint density at radius 2 is 2.00 bits per heavy atom. The van der Waals surface area contributed by atoms with Gasteiger partial charge >= 0.3 is 5.97 Å². The van der Waals surface area contributed by atoms with Crippen LogP contribution in [0.3, 0.4) is 0 Å². The maximum absolute atomic E-state index is 11.5. The molecule has 1 atom stereocenters. The van der Waals surface area contributed by atoms with Gasteiger partial charge in [-0.25, -0.2) is 4.79 Å². The Balaban J connectivity index is 3.87. The molecule has 0 saturated heterocycles. The van der Waals surface area contributed by atoms with Crippen molar-refractivity contribution in [2.45, 2.75) is 6.92 Å². The molecule has 1 unspecified atom stereocenters. The van der Waals surface area contributed by atoms with Gasteiger partial charge in [-0.05, 0) is 6.92 Å². The van der Waals surface area contributed by atoms with Crippen LogP contribution in [-0.2, 0) is 14.1 Å². The van der Waals surface area contributed by atoms with E-state index in [1.807, 2.05) is 14.1 Å². The Morgan fingerprint density at radius 3 is 2.44 bits per heavy atom. The summed E-state index contributed by atoms with van der Waals surface area (Å²) in [4.78, 5) is 23.5. The highest BCUT2D eigenvalue weighted by Gasteiger charge is 2.11. The van der Waals surface area contributed by atoms with Gasteiger partial charge in [0.15, 0.2) is 0 Å². The number of nitrogens with one attached hydrogen (secondary N) is 1. The molecule has 0 aromatic heterocycles. The fourth-order valence-corrected chi connectivity index (χ4v) is 2.29. The van der Waals surface area contributed by atoms with Crippen molar-refractivity contribution >= 4 is 13.3 Å². The van der Waals surface area contributed by atoms with Crippen LogP contribution < -0.4 is 9.79 Å². The highest BCUT2D eigenvalue weighted by Crippen LogP contribution is 2.33. The summed E-state index contributed by atoms with van der Waals surface area (Å²) in [5.41, 5.74) is 0.276. The predicted octanol–water partition coefficient (Wildman–Crippen LogP) is -1.11. The van der Waals surface area contributed by atoms with Crippen LogP contribution in [0, 0.1) is 0 Å². The molecule has 0 amide bonds. The van der Waals surface area contributed by atoms with Gasteiger partial charge in [-0.15, -0.1) is 0 Å². The van der Waals surface area contributed by atoms with Crippen LogP contribution in [-0.4, -0.2) is 45.5 Å². The normalized spacial score (nSPS) is 14.6.